The second kappa shape index (κ2) is 11.9. The van der Waals surface area contributed by atoms with Crippen LogP contribution in [-0.2, 0) is 17.8 Å². The highest BCUT2D eigenvalue weighted by Gasteiger charge is 2.12. The fourth-order valence-corrected chi connectivity index (χ4v) is 4.40. The van der Waals surface area contributed by atoms with Gasteiger partial charge in [-0.1, -0.05) is 44.2 Å². The summed E-state index contributed by atoms with van der Waals surface area (Å²) in [5.74, 6) is 0.630. The number of ether oxygens (including phenoxy) is 1. The van der Waals surface area contributed by atoms with Gasteiger partial charge < -0.3 is 15.5 Å². The minimum absolute atomic E-state index is 0.173. The Balaban J connectivity index is 1.49. The molecule has 1 saturated heterocycles. The van der Waals surface area contributed by atoms with E-state index < -0.39 is 0 Å². The third-order valence-corrected chi connectivity index (χ3v) is 6.43. The molecule has 0 spiro atoms. The summed E-state index contributed by atoms with van der Waals surface area (Å²) < 4.78 is 7.09. The smallest absolute Gasteiger partial charge is 0.326 e. The van der Waals surface area contributed by atoms with Gasteiger partial charge in [-0.2, -0.15) is 4.99 Å². The van der Waals surface area contributed by atoms with E-state index in [0.717, 1.165) is 36.2 Å². The number of aromatic nitrogens is 3. The van der Waals surface area contributed by atoms with E-state index in [9.17, 15) is 4.79 Å². The van der Waals surface area contributed by atoms with Crippen molar-refractivity contribution in [3.05, 3.63) is 74.9 Å². The summed E-state index contributed by atoms with van der Waals surface area (Å²) in [6.45, 7) is 12.1. The lowest BCUT2D eigenvalue weighted by Crippen LogP contribution is -2.34. The van der Waals surface area contributed by atoms with Crippen LogP contribution in [0.25, 0.3) is 23.7 Å². The topological polar surface area (TPSA) is 102 Å². The standard InChI is InChI=1S/C28H36N6O2/c1-4-5-15-36-21(3)31-27(29)26-20(2)34(28(35)32-26)19-23-11-12-25(30-17-23)24-10-8-9-22(16-24)18-33-13-6-7-14-33/h8-12,16-17H,2,4-7,13-15,18-19,29H2,1,3H3,(H,32,35)/b27-26+,31-21?. The van der Waals surface area contributed by atoms with Gasteiger partial charge in [0, 0.05) is 25.2 Å². The molecule has 1 aliphatic rings. The molecule has 0 amide bonds. The Morgan fingerprint density at radius 2 is 2.00 bits per heavy atom. The van der Waals surface area contributed by atoms with Crippen molar-refractivity contribution >= 4 is 18.3 Å². The van der Waals surface area contributed by atoms with Crippen molar-refractivity contribution in [1.29, 1.82) is 0 Å². The van der Waals surface area contributed by atoms with Gasteiger partial charge in [0.2, 0.25) is 0 Å². The number of imidazole rings is 1. The Hall–Kier alpha value is -3.65. The summed E-state index contributed by atoms with van der Waals surface area (Å²) >= 11 is 0. The number of H-pyrrole nitrogens is 1. The van der Waals surface area contributed by atoms with Crippen LogP contribution in [0.15, 0.2) is 52.4 Å². The molecule has 0 aliphatic carbocycles. The van der Waals surface area contributed by atoms with E-state index in [0.29, 0.717) is 29.7 Å². The average molecular weight is 489 g/mol. The van der Waals surface area contributed by atoms with E-state index in [1.54, 1.807) is 17.7 Å². The molecule has 3 N–H and O–H groups in total. The summed E-state index contributed by atoms with van der Waals surface area (Å²) in [5, 5.41) is 0.874. The summed E-state index contributed by atoms with van der Waals surface area (Å²) in [7, 11) is 0. The van der Waals surface area contributed by atoms with Gasteiger partial charge in [0.05, 0.1) is 24.2 Å². The molecule has 0 saturated carbocycles. The number of unbranched alkanes of at least 4 members (excludes halogenated alkanes) is 1. The number of rotatable bonds is 9. The summed E-state index contributed by atoms with van der Waals surface area (Å²) in [5.41, 5.74) is 10.0. The van der Waals surface area contributed by atoms with Crippen molar-refractivity contribution in [2.45, 2.75) is 52.6 Å². The number of benzene rings is 1. The molecule has 36 heavy (non-hydrogen) atoms. The van der Waals surface area contributed by atoms with Gasteiger partial charge in [-0.15, -0.1) is 0 Å². The molecule has 8 nitrogen and oxygen atoms in total. The summed E-state index contributed by atoms with van der Waals surface area (Å²) in [6, 6.07) is 12.5. The Morgan fingerprint density at radius 1 is 1.19 bits per heavy atom. The van der Waals surface area contributed by atoms with Crippen LogP contribution >= 0.6 is 0 Å². The van der Waals surface area contributed by atoms with Crippen molar-refractivity contribution in [2.24, 2.45) is 10.7 Å². The Labute approximate surface area is 211 Å². The molecule has 3 aromatic rings. The Kier molecular flexibility index (Phi) is 8.38. The van der Waals surface area contributed by atoms with E-state index in [-0.39, 0.29) is 11.5 Å². The van der Waals surface area contributed by atoms with Gasteiger partial charge in [-0.05, 0) is 55.6 Å². The van der Waals surface area contributed by atoms with E-state index in [4.69, 9.17) is 10.5 Å². The van der Waals surface area contributed by atoms with Crippen LogP contribution in [0, 0.1) is 0 Å². The highest BCUT2D eigenvalue weighted by atomic mass is 16.5. The maximum atomic E-state index is 12.6. The van der Waals surface area contributed by atoms with E-state index >= 15 is 0 Å². The number of aliphatic imine (C=N–C) groups is 1. The summed E-state index contributed by atoms with van der Waals surface area (Å²) in [6.07, 6.45) is 6.35. The lowest BCUT2D eigenvalue weighted by molar-refractivity contribution is 0.294. The van der Waals surface area contributed by atoms with Gasteiger partial charge in [-0.25, -0.2) is 4.79 Å². The molecule has 3 heterocycles. The van der Waals surface area contributed by atoms with Crippen LogP contribution in [-0.4, -0.2) is 45.0 Å². The number of likely N-dealkylation sites (tertiary alicyclic amines) is 1. The first-order chi connectivity index (χ1) is 17.4. The van der Waals surface area contributed by atoms with Crippen LogP contribution < -0.4 is 22.1 Å². The third kappa shape index (κ3) is 6.31. The third-order valence-electron chi connectivity index (χ3n) is 6.43. The second-order valence-corrected chi connectivity index (χ2v) is 9.29. The van der Waals surface area contributed by atoms with Gasteiger partial charge >= 0.3 is 5.69 Å². The fraction of sp³-hybridized carbons (Fsp3) is 0.393. The number of nitrogens with two attached hydrogens (primary N) is 1. The van der Waals surface area contributed by atoms with Crippen LogP contribution in [0.2, 0.25) is 0 Å². The monoisotopic (exact) mass is 488 g/mol. The minimum Gasteiger partial charge on any atom is -0.481 e. The SMILES string of the molecule is C=c1/c(=C(/N)N=C(C)OCCCC)[nH]c(=O)n1Cc1ccc(-c2cccc(CN3CCCC3)c2)nc1. The zero-order valence-electron chi connectivity index (χ0n) is 21.3. The molecule has 2 aromatic heterocycles. The van der Waals surface area contributed by atoms with E-state index in [1.165, 1.54) is 31.5 Å². The zero-order chi connectivity index (χ0) is 25.5. The number of nitrogens with zero attached hydrogens (tertiary/aromatic N) is 4. The largest absolute Gasteiger partial charge is 0.481 e. The Morgan fingerprint density at radius 3 is 2.72 bits per heavy atom. The minimum atomic E-state index is -0.295. The predicted molar refractivity (Wildman–Crippen MR) is 145 cm³/mol. The molecule has 1 aliphatic heterocycles. The first-order valence-electron chi connectivity index (χ1n) is 12.7. The number of hydrogen-bond donors (Lipinski definition) is 2. The molecule has 0 unspecified atom stereocenters. The van der Waals surface area contributed by atoms with Crippen molar-refractivity contribution in [3.63, 3.8) is 0 Å². The predicted octanol–water partition coefficient (Wildman–Crippen LogP) is 2.55. The van der Waals surface area contributed by atoms with Gasteiger partial charge in [-0.3, -0.25) is 14.5 Å². The van der Waals surface area contributed by atoms with Gasteiger partial charge in [0.15, 0.2) is 11.7 Å². The maximum absolute atomic E-state index is 12.6. The first kappa shape index (κ1) is 25.4. The quantitative estimate of drug-likeness (QED) is 0.274. The number of hydrogen-bond acceptors (Lipinski definition) is 6. The van der Waals surface area contributed by atoms with Crippen molar-refractivity contribution in [1.82, 2.24) is 19.4 Å². The van der Waals surface area contributed by atoms with E-state index in [1.807, 2.05) is 12.1 Å². The molecule has 8 heteroatoms. The highest BCUT2D eigenvalue weighted by Crippen LogP contribution is 2.20. The molecule has 0 radical (unpaired) electrons. The van der Waals surface area contributed by atoms with Crippen molar-refractivity contribution < 1.29 is 4.74 Å². The molecule has 1 aromatic carbocycles. The first-order valence-corrected chi connectivity index (χ1v) is 12.7. The average Bonchev–Trinajstić information content (AvgIpc) is 3.48. The Bertz CT molecular complexity index is 1360. The normalized spacial score (nSPS) is 15.3. The van der Waals surface area contributed by atoms with Crippen LogP contribution in [0.5, 0.6) is 0 Å². The summed E-state index contributed by atoms with van der Waals surface area (Å²) in [4.78, 5) is 26.8. The second-order valence-electron chi connectivity index (χ2n) is 9.29. The molecule has 0 bridgehead atoms. The molecular weight excluding hydrogens is 452 g/mol. The number of pyridine rings is 1. The van der Waals surface area contributed by atoms with Crippen molar-refractivity contribution in [2.75, 3.05) is 19.7 Å². The van der Waals surface area contributed by atoms with Crippen LogP contribution in [0.4, 0.5) is 0 Å². The lowest BCUT2D eigenvalue weighted by Gasteiger charge is -2.15. The fourth-order valence-electron chi connectivity index (χ4n) is 4.40. The van der Waals surface area contributed by atoms with Gasteiger partial charge in [0.1, 0.15) is 5.35 Å². The molecule has 1 fully saturated rings. The molecular formula is C28H36N6O2. The van der Waals surface area contributed by atoms with Crippen LogP contribution in [0.1, 0.15) is 50.7 Å². The number of aromatic amines is 1. The zero-order valence-corrected chi connectivity index (χ0v) is 21.3. The lowest BCUT2D eigenvalue weighted by atomic mass is 10.1. The molecule has 0 atom stereocenters. The molecule has 190 valence electrons. The number of nitrogens with one attached hydrogen (secondary N) is 1. The maximum Gasteiger partial charge on any atom is 0.326 e. The van der Waals surface area contributed by atoms with E-state index in [2.05, 4.69) is 57.6 Å². The van der Waals surface area contributed by atoms with Gasteiger partial charge in [0.25, 0.3) is 0 Å². The van der Waals surface area contributed by atoms with Crippen molar-refractivity contribution in [3.8, 4) is 11.3 Å². The molecule has 4 rings (SSSR count). The van der Waals surface area contributed by atoms with Crippen LogP contribution in [0.3, 0.4) is 0 Å². The highest BCUT2D eigenvalue weighted by molar-refractivity contribution is 5.77.